The molecule has 0 aromatic carbocycles. The molecule has 0 aromatic rings. The zero-order valence-corrected chi connectivity index (χ0v) is 15.7. The standard InChI is InChI=1S/C17H28O8/c1-11(2)12(18)23-8-17(7,9-24-13(19)15(3,4)21)10-25-14(20)16(5,6)22/h21-22H,1,8-10H2,2-7H3. The second-order valence-corrected chi connectivity index (χ2v) is 7.44. The van der Waals surface area contributed by atoms with E-state index in [1.54, 1.807) is 6.92 Å². The van der Waals surface area contributed by atoms with Gasteiger partial charge >= 0.3 is 17.9 Å². The van der Waals surface area contributed by atoms with Crippen LogP contribution < -0.4 is 0 Å². The van der Waals surface area contributed by atoms with Crippen LogP contribution in [-0.4, -0.2) is 59.1 Å². The lowest BCUT2D eigenvalue weighted by Crippen LogP contribution is -2.42. The van der Waals surface area contributed by atoms with Crippen LogP contribution in [0.4, 0.5) is 0 Å². The Hall–Kier alpha value is -1.93. The van der Waals surface area contributed by atoms with Gasteiger partial charge in [0.15, 0.2) is 11.2 Å². The maximum Gasteiger partial charge on any atom is 0.337 e. The highest BCUT2D eigenvalue weighted by atomic mass is 16.6. The van der Waals surface area contributed by atoms with Crippen LogP contribution in [0.2, 0.25) is 0 Å². The number of esters is 3. The van der Waals surface area contributed by atoms with Gasteiger partial charge < -0.3 is 24.4 Å². The quantitative estimate of drug-likeness (QED) is 0.351. The second kappa shape index (κ2) is 8.44. The first kappa shape index (κ1) is 23.1. The van der Waals surface area contributed by atoms with Crippen molar-refractivity contribution in [1.82, 2.24) is 0 Å². The first-order valence-electron chi connectivity index (χ1n) is 7.70. The maximum atomic E-state index is 11.7. The van der Waals surface area contributed by atoms with Crippen molar-refractivity contribution >= 4 is 17.9 Å². The Balaban J connectivity index is 5.02. The summed E-state index contributed by atoms with van der Waals surface area (Å²) in [7, 11) is 0. The van der Waals surface area contributed by atoms with Crippen molar-refractivity contribution < 1.29 is 38.8 Å². The van der Waals surface area contributed by atoms with Crippen LogP contribution in [0.5, 0.6) is 0 Å². The summed E-state index contributed by atoms with van der Waals surface area (Å²) in [6, 6.07) is 0. The third-order valence-electron chi connectivity index (χ3n) is 3.00. The predicted molar refractivity (Wildman–Crippen MR) is 88.4 cm³/mol. The van der Waals surface area contributed by atoms with Gasteiger partial charge in [0.25, 0.3) is 0 Å². The molecule has 0 amide bonds. The summed E-state index contributed by atoms with van der Waals surface area (Å²) in [4.78, 5) is 35.0. The molecular formula is C17H28O8. The lowest BCUT2D eigenvalue weighted by Gasteiger charge is -2.30. The number of rotatable bonds is 9. The number of carbonyl (C=O) groups is 3. The minimum atomic E-state index is -1.70. The Morgan fingerprint density at radius 2 is 1.12 bits per heavy atom. The summed E-state index contributed by atoms with van der Waals surface area (Å²) in [5.74, 6) is -2.40. The molecule has 0 radical (unpaired) electrons. The van der Waals surface area contributed by atoms with E-state index in [4.69, 9.17) is 14.2 Å². The molecule has 0 heterocycles. The zero-order valence-electron chi connectivity index (χ0n) is 15.7. The molecule has 0 aliphatic rings. The molecule has 8 heteroatoms. The number of carbonyl (C=O) groups excluding carboxylic acids is 3. The van der Waals surface area contributed by atoms with E-state index in [0.29, 0.717) is 0 Å². The molecule has 0 saturated carbocycles. The molecule has 8 nitrogen and oxygen atoms in total. The molecule has 2 N–H and O–H groups in total. The molecule has 144 valence electrons. The molecule has 0 bridgehead atoms. The van der Waals surface area contributed by atoms with Crippen molar-refractivity contribution in [3.05, 3.63) is 12.2 Å². The highest BCUT2D eigenvalue weighted by molar-refractivity contribution is 5.87. The summed E-state index contributed by atoms with van der Waals surface area (Å²) in [6.07, 6.45) is 0. The molecule has 25 heavy (non-hydrogen) atoms. The molecule has 0 rings (SSSR count). The fourth-order valence-electron chi connectivity index (χ4n) is 1.32. The normalized spacial score (nSPS) is 12.3. The van der Waals surface area contributed by atoms with E-state index in [9.17, 15) is 24.6 Å². The van der Waals surface area contributed by atoms with Gasteiger partial charge in [-0.3, -0.25) is 0 Å². The Morgan fingerprint density at radius 3 is 1.40 bits per heavy atom. The smallest absolute Gasteiger partial charge is 0.337 e. The van der Waals surface area contributed by atoms with Gasteiger partial charge in [0, 0.05) is 5.57 Å². The van der Waals surface area contributed by atoms with Crippen molar-refractivity contribution in [1.29, 1.82) is 0 Å². The van der Waals surface area contributed by atoms with Gasteiger partial charge in [-0.05, 0) is 41.5 Å². The minimum absolute atomic E-state index is 0.185. The Morgan fingerprint density at radius 1 is 0.800 bits per heavy atom. The average molecular weight is 360 g/mol. The Bertz CT molecular complexity index is 492. The fourth-order valence-corrected chi connectivity index (χ4v) is 1.32. The topological polar surface area (TPSA) is 119 Å². The summed E-state index contributed by atoms with van der Waals surface area (Å²) in [5, 5.41) is 19.2. The maximum absolute atomic E-state index is 11.7. The van der Waals surface area contributed by atoms with E-state index in [1.165, 1.54) is 34.6 Å². The van der Waals surface area contributed by atoms with E-state index >= 15 is 0 Å². The molecule has 0 aliphatic carbocycles. The van der Waals surface area contributed by atoms with Gasteiger partial charge in [0.05, 0.1) is 5.41 Å². The number of aliphatic hydroxyl groups is 2. The molecular weight excluding hydrogens is 332 g/mol. The molecule has 0 aromatic heterocycles. The van der Waals surface area contributed by atoms with E-state index in [2.05, 4.69) is 6.58 Å². The molecule has 0 aliphatic heterocycles. The van der Waals surface area contributed by atoms with E-state index in [1.807, 2.05) is 0 Å². The number of hydrogen-bond acceptors (Lipinski definition) is 8. The van der Waals surface area contributed by atoms with Crippen LogP contribution >= 0.6 is 0 Å². The zero-order chi connectivity index (χ0) is 20.1. The first-order valence-corrected chi connectivity index (χ1v) is 7.70. The molecule has 0 unspecified atom stereocenters. The second-order valence-electron chi connectivity index (χ2n) is 7.44. The largest absolute Gasteiger partial charge is 0.463 e. The van der Waals surface area contributed by atoms with Gasteiger partial charge in [0.1, 0.15) is 19.8 Å². The Kier molecular flexibility index (Phi) is 7.79. The van der Waals surface area contributed by atoms with Gasteiger partial charge in [0.2, 0.25) is 0 Å². The fraction of sp³-hybridized carbons (Fsp3) is 0.706. The molecule has 0 spiro atoms. The highest BCUT2D eigenvalue weighted by Crippen LogP contribution is 2.21. The first-order chi connectivity index (χ1) is 11.1. The van der Waals surface area contributed by atoms with Crippen molar-refractivity contribution in [2.24, 2.45) is 5.41 Å². The van der Waals surface area contributed by atoms with Crippen molar-refractivity contribution in [2.75, 3.05) is 19.8 Å². The highest BCUT2D eigenvalue weighted by Gasteiger charge is 2.35. The summed E-state index contributed by atoms with van der Waals surface area (Å²) in [5.41, 5.74) is -4.28. The molecule has 0 fully saturated rings. The van der Waals surface area contributed by atoms with Gasteiger partial charge in [-0.2, -0.15) is 0 Å². The van der Waals surface area contributed by atoms with Crippen LogP contribution in [0.15, 0.2) is 12.2 Å². The molecule has 0 atom stereocenters. The third kappa shape index (κ3) is 8.64. The van der Waals surface area contributed by atoms with Crippen LogP contribution in [-0.2, 0) is 28.6 Å². The van der Waals surface area contributed by atoms with Gasteiger partial charge in [-0.25, -0.2) is 14.4 Å². The lowest BCUT2D eigenvalue weighted by atomic mass is 9.94. The predicted octanol–water partition coefficient (Wildman–Crippen LogP) is 0.740. The minimum Gasteiger partial charge on any atom is -0.463 e. The Labute approximate surface area is 147 Å². The van der Waals surface area contributed by atoms with Gasteiger partial charge in [-0.15, -0.1) is 0 Å². The summed E-state index contributed by atoms with van der Waals surface area (Å²) >= 11 is 0. The van der Waals surface area contributed by atoms with Gasteiger partial charge in [-0.1, -0.05) is 6.58 Å². The number of ether oxygens (including phenoxy) is 3. The van der Waals surface area contributed by atoms with Crippen LogP contribution in [0, 0.1) is 5.41 Å². The summed E-state index contributed by atoms with van der Waals surface area (Å²) < 4.78 is 15.1. The van der Waals surface area contributed by atoms with E-state index in [0.717, 1.165) is 0 Å². The van der Waals surface area contributed by atoms with Crippen LogP contribution in [0.1, 0.15) is 41.5 Å². The monoisotopic (exact) mass is 360 g/mol. The number of hydrogen-bond donors (Lipinski definition) is 2. The summed E-state index contributed by atoms with van der Waals surface area (Å²) in [6.45, 7) is 10.8. The lowest BCUT2D eigenvalue weighted by molar-refractivity contribution is -0.175. The van der Waals surface area contributed by atoms with Crippen LogP contribution in [0.25, 0.3) is 0 Å². The molecule has 0 saturated heterocycles. The van der Waals surface area contributed by atoms with Crippen molar-refractivity contribution in [3.8, 4) is 0 Å². The van der Waals surface area contributed by atoms with E-state index < -0.39 is 34.5 Å². The SMILES string of the molecule is C=C(C)C(=O)OCC(C)(COC(=O)C(C)(C)O)COC(=O)C(C)(C)O. The average Bonchev–Trinajstić information content (AvgIpc) is 2.45. The van der Waals surface area contributed by atoms with E-state index in [-0.39, 0.29) is 25.4 Å². The third-order valence-corrected chi connectivity index (χ3v) is 3.00. The van der Waals surface area contributed by atoms with Crippen molar-refractivity contribution in [3.63, 3.8) is 0 Å². The van der Waals surface area contributed by atoms with Crippen LogP contribution in [0.3, 0.4) is 0 Å². The van der Waals surface area contributed by atoms with Crippen molar-refractivity contribution in [2.45, 2.75) is 52.7 Å².